The summed E-state index contributed by atoms with van der Waals surface area (Å²) in [7, 11) is 1.55. The van der Waals surface area contributed by atoms with Crippen molar-refractivity contribution < 1.29 is 19.0 Å². The SMILES string of the molecule is COc1cc2c(cc1OCc1ccccc1)C(=O)Oc1c(Cl)cc(Cl)cc1S2. The Morgan fingerprint density at radius 2 is 1.79 bits per heavy atom. The van der Waals surface area contributed by atoms with Crippen LogP contribution < -0.4 is 14.2 Å². The maximum absolute atomic E-state index is 12.7. The van der Waals surface area contributed by atoms with E-state index in [0.717, 1.165) is 5.56 Å². The Morgan fingerprint density at radius 3 is 2.54 bits per heavy atom. The maximum Gasteiger partial charge on any atom is 0.344 e. The Hall–Kier alpha value is -2.34. The van der Waals surface area contributed by atoms with E-state index in [0.29, 0.717) is 44.2 Å². The Labute approximate surface area is 176 Å². The van der Waals surface area contributed by atoms with E-state index < -0.39 is 5.97 Å². The lowest BCUT2D eigenvalue weighted by Crippen LogP contribution is -2.09. The molecule has 142 valence electrons. The zero-order valence-electron chi connectivity index (χ0n) is 14.7. The number of ether oxygens (including phenoxy) is 3. The molecular weight excluding hydrogens is 419 g/mol. The Balaban J connectivity index is 1.71. The lowest BCUT2D eigenvalue weighted by Gasteiger charge is -2.13. The summed E-state index contributed by atoms with van der Waals surface area (Å²) in [5.74, 6) is 0.755. The number of methoxy groups -OCH3 is 1. The van der Waals surface area contributed by atoms with Crippen molar-refractivity contribution in [2.24, 2.45) is 0 Å². The minimum Gasteiger partial charge on any atom is -0.493 e. The highest BCUT2D eigenvalue weighted by molar-refractivity contribution is 7.99. The standard InChI is InChI=1S/C21H14Cl2O4S/c1-25-16-10-18-14(9-17(16)26-11-12-5-3-2-4-6-12)21(24)27-20-15(23)7-13(22)8-19(20)28-18/h2-10H,11H2,1H3. The van der Waals surface area contributed by atoms with Crippen molar-refractivity contribution in [2.45, 2.75) is 16.4 Å². The molecule has 0 bridgehead atoms. The number of hydrogen-bond acceptors (Lipinski definition) is 5. The van der Waals surface area contributed by atoms with Crippen LogP contribution in [0.15, 0.2) is 64.4 Å². The number of benzene rings is 3. The number of fused-ring (bicyclic) bond motifs is 2. The molecule has 1 aliphatic heterocycles. The van der Waals surface area contributed by atoms with Gasteiger partial charge < -0.3 is 14.2 Å². The highest BCUT2D eigenvalue weighted by atomic mass is 35.5. The average molecular weight is 433 g/mol. The summed E-state index contributed by atoms with van der Waals surface area (Å²) < 4.78 is 16.9. The molecule has 0 aromatic heterocycles. The summed E-state index contributed by atoms with van der Waals surface area (Å²) in [6.45, 7) is 0.347. The highest BCUT2D eigenvalue weighted by Gasteiger charge is 2.27. The van der Waals surface area contributed by atoms with E-state index in [4.69, 9.17) is 37.4 Å². The summed E-state index contributed by atoms with van der Waals surface area (Å²) in [5, 5.41) is 0.745. The van der Waals surface area contributed by atoms with Gasteiger partial charge in [0.2, 0.25) is 0 Å². The number of hydrogen-bond donors (Lipinski definition) is 0. The molecule has 1 heterocycles. The predicted octanol–water partition coefficient (Wildman–Crippen LogP) is 6.26. The van der Waals surface area contributed by atoms with Crippen molar-refractivity contribution in [1.29, 1.82) is 0 Å². The van der Waals surface area contributed by atoms with Gasteiger partial charge in [0.1, 0.15) is 6.61 Å². The monoisotopic (exact) mass is 432 g/mol. The molecule has 0 radical (unpaired) electrons. The van der Waals surface area contributed by atoms with Gasteiger partial charge in [-0.05, 0) is 29.8 Å². The highest BCUT2D eigenvalue weighted by Crippen LogP contribution is 2.47. The van der Waals surface area contributed by atoms with Gasteiger partial charge in [-0.2, -0.15) is 0 Å². The second kappa shape index (κ2) is 7.95. The summed E-state index contributed by atoms with van der Waals surface area (Å²) in [4.78, 5) is 14.0. The van der Waals surface area contributed by atoms with Crippen molar-refractivity contribution in [3.63, 3.8) is 0 Å². The van der Waals surface area contributed by atoms with Crippen LogP contribution in [0.4, 0.5) is 0 Å². The van der Waals surface area contributed by atoms with Crippen LogP contribution in [0.5, 0.6) is 17.2 Å². The van der Waals surface area contributed by atoms with Crippen LogP contribution in [-0.2, 0) is 6.61 Å². The van der Waals surface area contributed by atoms with Gasteiger partial charge in [0.25, 0.3) is 0 Å². The first-order chi connectivity index (χ1) is 13.5. The van der Waals surface area contributed by atoms with Crippen LogP contribution in [0.25, 0.3) is 0 Å². The molecule has 0 saturated heterocycles. The molecule has 3 aromatic rings. The zero-order chi connectivity index (χ0) is 19.7. The Bertz CT molecular complexity index is 1050. The third kappa shape index (κ3) is 3.78. The van der Waals surface area contributed by atoms with Gasteiger partial charge in [0.05, 0.1) is 22.6 Å². The minimum atomic E-state index is -0.516. The molecule has 0 saturated carbocycles. The van der Waals surface area contributed by atoms with Gasteiger partial charge in [-0.15, -0.1) is 0 Å². The van der Waals surface area contributed by atoms with Crippen molar-refractivity contribution in [3.8, 4) is 17.2 Å². The largest absolute Gasteiger partial charge is 0.493 e. The molecule has 0 fully saturated rings. The smallest absolute Gasteiger partial charge is 0.344 e. The first kappa shape index (κ1) is 19.0. The lowest BCUT2D eigenvalue weighted by atomic mass is 10.2. The molecule has 0 spiro atoms. The number of rotatable bonds is 4. The second-order valence-electron chi connectivity index (χ2n) is 5.98. The van der Waals surface area contributed by atoms with Crippen molar-refractivity contribution in [1.82, 2.24) is 0 Å². The van der Waals surface area contributed by atoms with E-state index in [1.54, 1.807) is 31.4 Å². The first-order valence-corrected chi connectivity index (χ1v) is 9.90. The Kier molecular flexibility index (Phi) is 5.40. The summed E-state index contributed by atoms with van der Waals surface area (Å²) in [5.41, 5.74) is 1.38. The fraction of sp³-hybridized carbons (Fsp3) is 0.0952. The fourth-order valence-corrected chi connectivity index (χ4v) is 4.51. The molecule has 0 aliphatic carbocycles. The van der Waals surface area contributed by atoms with E-state index in [2.05, 4.69) is 0 Å². The van der Waals surface area contributed by atoms with Crippen LogP contribution in [-0.4, -0.2) is 13.1 Å². The molecule has 0 atom stereocenters. The topological polar surface area (TPSA) is 44.8 Å². The van der Waals surface area contributed by atoms with E-state index in [1.807, 2.05) is 30.3 Å². The Morgan fingerprint density at radius 1 is 1.00 bits per heavy atom. The molecule has 28 heavy (non-hydrogen) atoms. The minimum absolute atomic E-state index is 0.281. The fourth-order valence-electron chi connectivity index (χ4n) is 2.77. The van der Waals surface area contributed by atoms with Crippen molar-refractivity contribution in [3.05, 3.63) is 75.8 Å². The zero-order valence-corrected chi connectivity index (χ0v) is 17.0. The van der Waals surface area contributed by atoms with E-state index in [9.17, 15) is 4.79 Å². The third-order valence-electron chi connectivity index (χ3n) is 4.11. The predicted molar refractivity (Wildman–Crippen MR) is 109 cm³/mol. The van der Waals surface area contributed by atoms with Gasteiger partial charge in [-0.25, -0.2) is 4.79 Å². The van der Waals surface area contributed by atoms with Gasteiger partial charge in [0.15, 0.2) is 17.2 Å². The number of esters is 1. The van der Waals surface area contributed by atoms with Crippen LogP contribution >= 0.6 is 35.0 Å². The normalized spacial score (nSPS) is 12.5. The first-order valence-electron chi connectivity index (χ1n) is 8.33. The summed E-state index contributed by atoms with van der Waals surface area (Å²) in [6, 6.07) is 16.4. The number of carbonyl (C=O) groups is 1. The molecule has 1 aliphatic rings. The molecule has 4 nitrogen and oxygen atoms in total. The maximum atomic E-state index is 12.7. The second-order valence-corrected chi connectivity index (χ2v) is 7.91. The lowest BCUT2D eigenvalue weighted by molar-refractivity contribution is 0.0728. The van der Waals surface area contributed by atoms with Gasteiger partial charge in [-0.1, -0.05) is 65.3 Å². The molecule has 3 aromatic carbocycles. The molecule has 0 N–H and O–H groups in total. The van der Waals surface area contributed by atoms with Gasteiger partial charge >= 0.3 is 5.97 Å². The molecule has 0 amide bonds. The molecule has 0 unspecified atom stereocenters. The molecule has 7 heteroatoms. The average Bonchev–Trinajstić information content (AvgIpc) is 2.82. The van der Waals surface area contributed by atoms with Crippen LogP contribution in [0.3, 0.4) is 0 Å². The number of carbonyl (C=O) groups excluding carboxylic acids is 1. The third-order valence-corrected chi connectivity index (χ3v) is 5.69. The van der Waals surface area contributed by atoms with E-state index in [1.165, 1.54) is 11.8 Å². The van der Waals surface area contributed by atoms with E-state index in [-0.39, 0.29) is 5.02 Å². The van der Waals surface area contributed by atoms with Crippen molar-refractivity contribution in [2.75, 3.05) is 7.11 Å². The quantitative estimate of drug-likeness (QED) is 0.359. The molecular formula is C21H14Cl2O4S. The summed E-state index contributed by atoms with van der Waals surface area (Å²) >= 11 is 13.6. The van der Waals surface area contributed by atoms with Gasteiger partial charge in [0, 0.05) is 9.92 Å². The van der Waals surface area contributed by atoms with Crippen LogP contribution in [0.2, 0.25) is 10.0 Å². The van der Waals surface area contributed by atoms with Crippen molar-refractivity contribution >= 4 is 40.9 Å². The van der Waals surface area contributed by atoms with Crippen LogP contribution in [0.1, 0.15) is 15.9 Å². The summed E-state index contributed by atoms with van der Waals surface area (Å²) in [6.07, 6.45) is 0. The van der Waals surface area contributed by atoms with Gasteiger partial charge in [-0.3, -0.25) is 0 Å². The van der Waals surface area contributed by atoms with E-state index >= 15 is 0 Å². The number of halogens is 2. The molecule has 4 rings (SSSR count). The van der Waals surface area contributed by atoms with Crippen LogP contribution in [0, 0.1) is 0 Å².